The van der Waals surface area contributed by atoms with Gasteiger partial charge in [-0.3, -0.25) is 4.79 Å². The molecule has 0 aliphatic rings. The molecule has 0 bridgehead atoms. The van der Waals surface area contributed by atoms with Crippen LogP contribution in [0.25, 0.3) is 11.1 Å². The zero-order valence-electron chi connectivity index (χ0n) is 24.5. The van der Waals surface area contributed by atoms with Crippen molar-refractivity contribution >= 4 is 17.4 Å². The van der Waals surface area contributed by atoms with Gasteiger partial charge in [-0.1, -0.05) is 30.2 Å². The Balaban J connectivity index is 2.09. The first kappa shape index (κ1) is 33.5. The van der Waals surface area contributed by atoms with E-state index in [1.54, 1.807) is 18.0 Å². The number of halogens is 6. The highest BCUT2D eigenvalue weighted by Gasteiger charge is 2.41. The fraction of sp³-hybridized carbons (Fsp3) is 0.375. The number of carbonyl (C=O) groups excluding carboxylic acids is 1. The van der Waals surface area contributed by atoms with E-state index in [0.717, 1.165) is 11.1 Å². The van der Waals surface area contributed by atoms with Crippen LogP contribution in [0.5, 0.6) is 0 Å². The molecule has 0 aliphatic heterocycles. The zero-order chi connectivity index (χ0) is 32.2. The summed E-state index contributed by atoms with van der Waals surface area (Å²) < 4.78 is 81.4. The first-order valence-electron chi connectivity index (χ1n) is 13.4. The second-order valence-electron chi connectivity index (χ2n) is 10.7. The Labute approximate surface area is 247 Å². The predicted octanol–water partition coefficient (Wildman–Crippen LogP) is 7.25. The number of benzene rings is 2. The van der Waals surface area contributed by atoms with Crippen LogP contribution in [-0.2, 0) is 22.6 Å². The third-order valence-electron chi connectivity index (χ3n) is 7.11. The van der Waals surface area contributed by atoms with Gasteiger partial charge in [-0.05, 0) is 68.1 Å². The summed E-state index contributed by atoms with van der Waals surface area (Å²) in [5, 5.41) is 8.92. The minimum absolute atomic E-state index is 0.0419. The van der Waals surface area contributed by atoms with Crippen molar-refractivity contribution in [3.8, 4) is 23.0 Å². The number of anilines is 2. The van der Waals surface area contributed by atoms with E-state index in [2.05, 4.69) is 16.8 Å². The van der Waals surface area contributed by atoms with Gasteiger partial charge in [0.05, 0.1) is 35.0 Å². The average molecular weight is 606 g/mol. The summed E-state index contributed by atoms with van der Waals surface area (Å²) in [6, 6.07) is 10.4. The molecule has 1 heterocycles. The van der Waals surface area contributed by atoms with Crippen LogP contribution in [0.2, 0.25) is 0 Å². The lowest BCUT2D eigenvalue weighted by atomic mass is 9.81. The topological polar surface area (TPSA) is 56.7 Å². The minimum atomic E-state index is -5.05. The summed E-state index contributed by atoms with van der Waals surface area (Å²) >= 11 is 0. The molecule has 0 unspecified atom stereocenters. The smallest absolute Gasteiger partial charge is 0.396 e. The summed E-state index contributed by atoms with van der Waals surface area (Å²) in [6.45, 7) is 4.85. The van der Waals surface area contributed by atoms with Crippen molar-refractivity contribution in [1.29, 1.82) is 0 Å². The van der Waals surface area contributed by atoms with Gasteiger partial charge in [0.15, 0.2) is 0 Å². The molecule has 43 heavy (non-hydrogen) atoms. The van der Waals surface area contributed by atoms with Crippen molar-refractivity contribution in [3.63, 3.8) is 0 Å². The van der Waals surface area contributed by atoms with Crippen LogP contribution in [0.4, 0.5) is 37.8 Å². The second kappa shape index (κ2) is 13.1. The highest BCUT2D eigenvalue weighted by atomic mass is 19.4. The van der Waals surface area contributed by atoms with Crippen molar-refractivity contribution in [2.75, 3.05) is 37.0 Å². The van der Waals surface area contributed by atoms with Crippen LogP contribution < -0.4 is 9.80 Å². The molecule has 3 aromatic rings. The van der Waals surface area contributed by atoms with E-state index in [-0.39, 0.29) is 12.7 Å². The number of aromatic nitrogens is 1. The molecule has 0 saturated heterocycles. The van der Waals surface area contributed by atoms with E-state index in [9.17, 15) is 31.1 Å². The van der Waals surface area contributed by atoms with E-state index < -0.39 is 40.4 Å². The fourth-order valence-corrected chi connectivity index (χ4v) is 4.48. The highest BCUT2D eigenvalue weighted by Crippen LogP contribution is 2.41. The largest absolute Gasteiger partial charge is 0.416 e. The number of nitrogens with zero attached hydrogens (tertiary/aromatic N) is 3. The first-order chi connectivity index (χ1) is 20.0. The van der Waals surface area contributed by atoms with Crippen LogP contribution >= 0.6 is 0 Å². The summed E-state index contributed by atoms with van der Waals surface area (Å²) in [6.07, 6.45) is -7.53. The number of hydrogen-bond acceptors (Lipinski definition) is 4. The maximum atomic E-state index is 13.9. The van der Waals surface area contributed by atoms with Gasteiger partial charge >= 0.3 is 12.4 Å². The van der Waals surface area contributed by atoms with Gasteiger partial charge in [0.25, 0.3) is 0 Å². The lowest BCUT2D eigenvalue weighted by Gasteiger charge is -2.32. The number of hydrogen-bond donors (Lipinski definition) is 1. The normalized spacial score (nSPS) is 12.0. The molecule has 0 radical (unpaired) electrons. The van der Waals surface area contributed by atoms with E-state index in [1.165, 1.54) is 32.0 Å². The molecule has 0 saturated carbocycles. The average Bonchev–Trinajstić information content (AvgIpc) is 2.95. The quantitative estimate of drug-likeness (QED) is 0.167. The molecular formula is C32H33F6N3O2. The number of pyridine rings is 1. The van der Waals surface area contributed by atoms with Crippen molar-refractivity contribution in [1.82, 2.24) is 4.98 Å². The molecule has 11 heteroatoms. The van der Waals surface area contributed by atoms with E-state index in [1.807, 2.05) is 31.2 Å². The Morgan fingerprint density at radius 2 is 1.47 bits per heavy atom. The molecular weight excluding hydrogens is 572 g/mol. The van der Waals surface area contributed by atoms with Crippen molar-refractivity contribution < 1.29 is 36.2 Å². The third-order valence-corrected chi connectivity index (χ3v) is 7.11. The maximum Gasteiger partial charge on any atom is 0.416 e. The molecule has 2 aromatic carbocycles. The van der Waals surface area contributed by atoms with E-state index >= 15 is 0 Å². The Kier molecular flexibility index (Phi) is 10.2. The fourth-order valence-electron chi connectivity index (χ4n) is 4.48. The summed E-state index contributed by atoms with van der Waals surface area (Å²) in [4.78, 5) is 21.4. The monoisotopic (exact) mass is 605 g/mol. The highest BCUT2D eigenvalue weighted by molar-refractivity contribution is 6.03. The second-order valence-corrected chi connectivity index (χ2v) is 10.7. The molecule has 0 aliphatic carbocycles. The molecule has 5 nitrogen and oxygen atoms in total. The number of unbranched alkanes of at least 4 members (excludes halogenated alkanes) is 1. The van der Waals surface area contributed by atoms with Gasteiger partial charge in [0, 0.05) is 32.7 Å². The number of likely N-dealkylation sites (N-methyl/N-ethyl adjacent to an activating group) is 1. The van der Waals surface area contributed by atoms with Crippen molar-refractivity contribution in [3.05, 3.63) is 77.0 Å². The van der Waals surface area contributed by atoms with Gasteiger partial charge in [-0.25, -0.2) is 4.98 Å². The van der Waals surface area contributed by atoms with Gasteiger partial charge in [-0.15, -0.1) is 5.92 Å². The number of aliphatic hydroxyl groups is 1. The third kappa shape index (κ3) is 7.87. The maximum absolute atomic E-state index is 13.9. The van der Waals surface area contributed by atoms with Gasteiger partial charge in [-0.2, -0.15) is 26.3 Å². The molecule has 0 fully saturated rings. The van der Waals surface area contributed by atoms with Gasteiger partial charge in [0.2, 0.25) is 5.91 Å². The number of aryl methyl sites for hydroxylation is 1. The van der Waals surface area contributed by atoms with Crippen LogP contribution in [-0.4, -0.2) is 43.2 Å². The molecule has 0 spiro atoms. The molecule has 0 atom stereocenters. The molecule has 1 N–H and O–H groups in total. The number of carbonyl (C=O) groups is 1. The first-order valence-corrected chi connectivity index (χ1v) is 13.4. The SMILES string of the molecule is Cc1ccccc1-c1cc(N(C)CC#CCCCO)ncc1N(C)C(=O)C(C)(C)c1cc(C(F)(F)F)cc(C(F)(F)F)c1. The zero-order valence-corrected chi connectivity index (χ0v) is 24.5. The Morgan fingerprint density at radius 1 is 0.884 bits per heavy atom. The standard InChI is InChI=1S/C32H33F6N3O2/c1-21-12-8-9-13-25(21)26-19-28(40(4)14-10-6-7-11-15-42)39-20-27(26)41(5)29(43)30(2,3)22-16-23(31(33,34)35)18-24(17-22)32(36,37)38/h8-9,12-13,16-20,42H,7,11,14-15H2,1-5H3. The number of amides is 1. The lowest BCUT2D eigenvalue weighted by Crippen LogP contribution is -2.42. The number of aliphatic hydroxyl groups excluding tert-OH is 1. The minimum Gasteiger partial charge on any atom is -0.396 e. The summed E-state index contributed by atoms with van der Waals surface area (Å²) in [5.74, 6) is 5.79. The summed E-state index contributed by atoms with van der Waals surface area (Å²) in [7, 11) is 3.20. The summed E-state index contributed by atoms with van der Waals surface area (Å²) in [5.41, 5.74) is -2.63. The lowest BCUT2D eigenvalue weighted by molar-refractivity contribution is -0.143. The molecule has 1 amide bonds. The number of rotatable bonds is 8. The number of alkyl halides is 6. The van der Waals surface area contributed by atoms with Crippen molar-refractivity contribution in [2.24, 2.45) is 0 Å². The Hall–Kier alpha value is -4.04. The Morgan fingerprint density at radius 3 is 2.02 bits per heavy atom. The molecule has 1 aromatic heterocycles. The Bertz CT molecular complexity index is 1490. The predicted molar refractivity (Wildman–Crippen MR) is 155 cm³/mol. The van der Waals surface area contributed by atoms with Crippen LogP contribution in [0, 0.1) is 18.8 Å². The molecule has 3 rings (SSSR count). The van der Waals surface area contributed by atoms with Crippen LogP contribution in [0.1, 0.15) is 48.9 Å². The van der Waals surface area contributed by atoms with Crippen LogP contribution in [0.3, 0.4) is 0 Å². The van der Waals surface area contributed by atoms with Gasteiger partial charge in [0.1, 0.15) is 5.82 Å². The van der Waals surface area contributed by atoms with Crippen LogP contribution in [0.15, 0.2) is 54.7 Å². The van der Waals surface area contributed by atoms with E-state index in [4.69, 9.17) is 5.11 Å². The molecule has 230 valence electrons. The van der Waals surface area contributed by atoms with Crippen molar-refractivity contribution in [2.45, 2.75) is 51.4 Å². The van der Waals surface area contributed by atoms with Gasteiger partial charge < -0.3 is 14.9 Å². The van der Waals surface area contributed by atoms with E-state index in [0.29, 0.717) is 48.6 Å².